The Labute approximate surface area is 151 Å². The number of nitrogens with two attached hydrogens (primary N) is 1. The average molecular weight is 378 g/mol. The van der Waals surface area contributed by atoms with Crippen LogP contribution in [0.3, 0.4) is 0 Å². The summed E-state index contributed by atoms with van der Waals surface area (Å²) in [6.07, 6.45) is 1.50. The Bertz CT molecular complexity index is 601. The van der Waals surface area contributed by atoms with Gasteiger partial charge in [0.1, 0.15) is 0 Å². The van der Waals surface area contributed by atoms with Crippen molar-refractivity contribution in [1.29, 1.82) is 0 Å². The van der Waals surface area contributed by atoms with Crippen LogP contribution in [0, 0.1) is 0 Å². The van der Waals surface area contributed by atoms with Gasteiger partial charge < -0.3 is 11.1 Å². The summed E-state index contributed by atoms with van der Waals surface area (Å²) in [6, 6.07) is 6.06. The molecule has 1 unspecified atom stereocenters. The number of halogens is 1. The lowest BCUT2D eigenvalue weighted by atomic mass is 10.1. The lowest BCUT2D eigenvalue weighted by molar-refractivity contribution is -0.122. The third kappa shape index (κ3) is 6.05. The highest BCUT2D eigenvalue weighted by atomic mass is 35.5. The number of amides is 1. The minimum absolute atomic E-state index is 0. The van der Waals surface area contributed by atoms with Crippen LogP contribution in [0.1, 0.15) is 39.2 Å². The molecule has 1 rings (SSSR count). The van der Waals surface area contributed by atoms with Crippen molar-refractivity contribution in [2.45, 2.75) is 51.1 Å². The number of hydrogen-bond acceptors (Lipinski definition) is 4. The Kier molecular flexibility index (Phi) is 10.1. The van der Waals surface area contributed by atoms with Crippen LogP contribution >= 0.6 is 12.4 Å². The average Bonchev–Trinajstić information content (AvgIpc) is 2.54. The van der Waals surface area contributed by atoms with Crippen molar-refractivity contribution in [3.8, 4) is 0 Å². The van der Waals surface area contributed by atoms with Crippen LogP contribution in [0.15, 0.2) is 29.2 Å². The van der Waals surface area contributed by atoms with Gasteiger partial charge in [0.15, 0.2) is 0 Å². The maximum absolute atomic E-state index is 12.4. The number of carbonyl (C=O) groups excluding carboxylic acids is 1. The molecule has 3 N–H and O–H groups in total. The number of benzene rings is 1. The Morgan fingerprint density at radius 2 is 1.71 bits per heavy atom. The molecule has 1 atom stereocenters. The maximum Gasteiger partial charge on any atom is 0.243 e. The van der Waals surface area contributed by atoms with Crippen molar-refractivity contribution in [2.75, 3.05) is 13.1 Å². The van der Waals surface area contributed by atoms with Gasteiger partial charge in [-0.15, -0.1) is 12.4 Å². The predicted octanol–water partition coefficient (Wildman–Crippen LogP) is 1.88. The fourth-order valence-electron chi connectivity index (χ4n) is 2.25. The molecule has 0 aromatic heterocycles. The minimum atomic E-state index is -3.44. The summed E-state index contributed by atoms with van der Waals surface area (Å²) in [4.78, 5) is 12.0. The second-order valence-electron chi connectivity index (χ2n) is 5.35. The highest BCUT2D eigenvalue weighted by molar-refractivity contribution is 7.89. The Morgan fingerprint density at radius 3 is 2.17 bits per heavy atom. The van der Waals surface area contributed by atoms with Crippen LogP contribution in [-0.2, 0) is 21.4 Å². The molecule has 0 aliphatic heterocycles. The molecule has 0 fully saturated rings. The summed E-state index contributed by atoms with van der Waals surface area (Å²) < 4.78 is 26.2. The van der Waals surface area contributed by atoms with Crippen molar-refractivity contribution < 1.29 is 13.2 Å². The zero-order valence-corrected chi connectivity index (χ0v) is 16.1. The van der Waals surface area contributed by atoms with E-state index in [1.54, 1.807) is 24.3 Å². The predicted molar refractivity (Wildman–Crippen MR) is 98.5 cm³/mol. The number of nitrogens with one attached hydrogen (secondary N) is 1. The molecule has 8 heteroatoms. The molecule has 0 saturated heterocycles. The molecule has 1 amide bonds. The van der Waals surface area contributed by atoms with E-state index in [2.05, 4.69) is 5.32 Å². The first-order valence-corrected chi connectivity index (χ1v) is 9.43. The van der Waals surface area contributed by atoms with E-state index in [0.29, 0.717) is 26.1 Å². The van der Waals surface area contributed by atoms with E-state index < -0.39 is 16.1 Å². The Hall–Kier alpha value is -1.15. The third-order valence-electron chi connectivity index (χ3n) is 3.67. The molecule has 0 saturated carbocycles. The van der Waals surface area contributed by atoms with Crippen molar-refractivity contribution in [3.05, 3.63) is 29.8 Å². The Balaban J connectivity index is 0.00000529. The van der Waals surface area contributed by atoms with Gasteiger partial charge in [-0.3, -0.25) is 4.79 Å². The van der Waals surface area contributed by atoms with E-state index in [4.69, 9.17) is 5.73 Å². The van der Waals surface area contributed by atoms with Gasteiger partial charge in [-0.05, 0) is 24.1 Å². The van der Waals surface area contributed by atoms with Gasteiger partial charge in [0.05, 0.1) is 10.9 Å². The number of sulfonamides is 1. The van der Waals surface area contributed by atoms with Gasteiger partial charge in [-0.2, -0.15) is 4.31 Å². The molecule has 0 bridgehead atoms. The van der Waals surface area contributed by atoms with E-state index in [-0.39, 0.29) is 23.2 Å². The van der Waals surface area contributed by atoms with Crippen molar-refractivity contribution in [3.63, 3.8) is 0 Å². The van der Waals surface area contributed by atoms with Crippen LogP contribution in [0.4, 0.5) is 0 Å². The van der Waals surface area contributed by atoms with Gasteiger partial charge in [-0.25, -0.2) is 8.42 Å². The monoisotopic (exact) mass is 377 g/mol. The maximum atomic E-state index is 12.4. The van der Waals surface area contributed by atoms with Crippen molar-refractivity contribution in [2.24, 2.45) is 5.73 Å². The lowest BCUT2D eigenvalue weighted by Crippen LogP contribution is -2.40. The van der Waals surface area contributed by atoms with E-state index in [9.17, 15) is 13.2 Å². The normalized spacial score (nSPS) is 12.5. The van der Waals surface area contributed by atoms with E-state index in [1.165, 1.54) is 4.31 Å². The number of nitrogens with zero attached hydrogens (tertiary/aromatic N) is 1. The molecule has 0 radical (unpaired) electrons. The zero-order chi connectivity index (χ0) is 17.5. The van der Waals surface area contributed by atoms with E-state index >= 15 is 0 Å². The molecule has 0 aliphatic rings. The molecule has 0 spiro atoms. The van der Waals surface area contributed by atoms with Gasteiger partial charge in [-0.1, -0.05) is 39.3 Å². The largest absolute Gasteiger partial charge is 0.351 e. The fourth-order valence-corrected chi connectivity index (χ4v) is 3.71. The Morgan fingerprint density at radius 1 is 1.17 bits per heavy atom. The zero-order valence-electron chi connectivity index (χ0n) is 14.5. The van der Waals surface area contributed by atoms with Crippen LogP contribution < -0.4 is 11.1 Å². The van der Waals surface area contributed by atoms with Crippen LogP contribution in [0.5, 0.6) is 0 Å². The third-order valence-corrected chi connectivity index (χ3v) is 5.73. The van der Waals surface area contributed by atoms with Crippen LogP contribution in [0.2, 0.25) is 0 Å². The number of rotatable bonds is 9. The smallest absolute Gasteiger partial charge is 0.243 e. The molecule has 24 heavy (non-hydrogen) atoms. The number of hydrogen-bond donors (Lipinski definition) is 2. The highest BCUT2D eigenvalue weighted by Crippen LogP contribution is 2.16. The summed E-state index contributed by atoms with van der Waals surface area (Å²) in [7, 11) is -3.44. The van der Waals surface area contributed by atoms with Gasteiger partial charge in [0.25, 0.3) is 0 Å². The molecule has 0 aliphatic carbocycles. The number of carbonyl (C=O) groups is 1. The van der Waals surface area contributed by atoms with Gasteiger partial charge in [0.2, 0.25) is 15.9 Å². The summed E-state index contributed by atoms with van der Waals surface area (Å²) in [5, 5.41) is 2.76. The molecular weight excluding hydrogens is 350 g/mol. The van der Waals surface area contributed by atoms with Crippen LogP contribution in [-0.4, -0.2) is 37.8 Å². The minimum Gasteiger partial charge on any atom is -0.351 e. The lowest BCUT2D eigenvalue weighted by Gasteiger charge is -2.18. The van der Waals surface area contributed by atoms with Crippen molar-refractivity contribution >= 4 is 28.3 Å². The van der Waals surface area contributed by atoms with Crippen molar-refractivity contribution in [1.82, 2.24) is 9.62 Å². The SMILES string of the molecule is CCCC(N)C(=O)NCc1ccc(S(=O)(=O)N(CC)CC)cc1.Cl. The molecule has 6 nitrogen and oxygen atoms in total. The van der Waals surface area contributed by atoms with Gasteiger partial charge >= 0.3 is 0 Å². The van der Waals surface area contributed by atoms with E-state index in [1.807, 2.05) is 20.8 Å². The standard InChI is InChI=1S/C16H27N3O3S.ClH/c1-4-7-15(17)16(20)18-12-13-8-10-14(11-9-13)23(21,22)19(5-2)6-3;/h8-11,15H,4-7,12,17H2,1-3H3,(H,18,20);1H. The summed E-state index contributed by atoms with van der Waals surface area (Å²) in [6.45, 7) is 6.80. The molecule has 1 aromatic carbocycles. The van der Waals surface area contributed by atoms with E-state index in [0.717, 1.165) is 12.0 Å². The second-order valence-corrected chi connectivity index (χ2v) is 7.28. The molecule has 0 heterocycles. The first-order valence-electron chi connectivity index (χ1n) is 7.99. The summed E-state index contributed by atoms with van der Waals surface area (Å²) in [5.74, 6) is -0.188. The first kappa shape index (κ1) is 22.9. The first-order chi connectivity index (χ1) is 10.9. The topological polar surface area (TPSA) is 92.5 Å². The highest BCUT2D eigenvalue weighted by Gasteiger charge is 2.21. The summed E-state index contributed by atoms with van der Waals surface area (Å²) >= 11 is 0. The van der Waals surface area contributed by atoms with Gasteiger partial charge in [0, 0.05) is 19.6 Å². The second kappa shape index (κ2) is 10.7. The molecule has 138 valence electrons. The quantitative estimate of drug-likeness (QED) is 0.687. The summed E-state index contributed by atoms with van der Waals surface area (Å²) in [5.41, 5.74) is 6.57. The fraction of sp³-hybridized carbons (Fsp3) is 0.562. The molecule has 1 aromatic rings. The molecular formula is C16H28ClN3O3S. The van der Waals surface area contributed by atoms with Crippen LogP contribution in [0.25, 0.3) is 0 Å².